The zero-order valence-corrected chi connectivity index (χ0v) is 16.8. The van der Waals surface area contributed by atoms with E-state index in [2.05, 4.69) is 86.7 Å². The smallest absolute Gasteiger partial charge is 0.135 e. The average Bonchev–Trinajstić information content (AvgIpc) is 3.13. The Labute approximate surface area is 171 Å². The van der Waals surface area contributed by atoms with Gasteiger partial charge < -0.3 is 4.74 Å². The van der Waals surface area contributed by atoms with Gasteiger partial charge in [-0.25, -0.2) is 0 Å². The summed E-state index contributed by atoms with van der Waals surface area (Å²) in [5.41, 5.74) is 12.2. The van der Waals surface area contributed by atoms with Crippen LogP contribution < -0.4 is 4.74 Å². The molecule has 0 unspecified atom stereocenters. The predicted octanol–water partition coefficient (Wildman–Crippen LogP) is 7.10. The summed E-state index contributed by atoms with van der Waals surface area (Å²) in [6.45, 7) is 5.06. The summed E-state index contributed by atoms with van der Waals surface area (Å²) >= 11 is 0. The second-order valence-corrected chi connectivity index (χ2v) is 8.17. The molecule has 0 radical (unpaired) electrons. The van der Waals surface area contributed by atoms with Gasteiger partial charge in [0, 0.05) is 10.9 Å². The van der Waals surface area contributed by atoms with E-state index in [1.807, 2.05) is 0 Å². The second-order valence-electron chi connectivity index (χ2n) is 8.17. The Morgan fingerprint density at radius 1 is 0.793 bits per heavy atom. The van der Waals surface area contributed by atoms with Gasteiger partial charge in [-0.1, -0.05) is 66.7 Å². The van der Waals surface area contributed by atoms with Gasteiger partial charge in [-0.2, -0.15) is 0 Å². The quantitative estimate of drug-likeness (QED) is 0.304. The van der Waals surface area contributed by atoms with Crippen molar-refractivity contribution in [1.29, 1.82) is 0 Å². The molecule has 0 spiro atoms. The molecular weight excluding hydrogens is 352 g/mol. The van der Waals surface area contributed by atoms with Crippen molar-refractivity contribution < 1.29 is 4.74 Å². The van der Waals surface area contributed by atoms with Crippen LogP contribution in [0.15, 0.2) is 66.7 Å². The Morgan fingerprint density at radius 3 is 2.41 bits per heavy atom. The molecule has 0 amide bonds. The zero-order valence-electron chi connectivity index (χ0n) is 16.8. The highest BCUT2D eigenvalue weighted by Crippen LogP contribution is 2.49. The Balaban J connectivity index is 1.62. The van der Waals surface area contributed by atoms with E-state index < -0.39 is 0 Å². The third-order valence-corrected chi connectivity index (χ3v) is 6.43. The summed E-state index contributed by atoms with van der Waals surface area (Å²) in [5.74, 6) is 1.05. The van der Waals surface area contributed by atoms with Gasteiger partial charge in [0.05, 0.1) is 0 Å². The molecule has 0 aromatic heterocycles. The van der Waals surface area contributed by atoms with E-state index >= 15 is 0 Å². The molecule has 0 N–H and O–H groups in total. The topological polar surface area (TPSA) is 9.23 Å². The Bertz CT molecular complexity index is 1320. The lowest BCUT2D eigenvalue weighted by molar-refractivity contribution is 0.362. The summed E-state index contributed by atoms with van der Waals surface area (Å²) in [7, 11) is 0. The molecule has 4 aromatic carbocycles. The lowest BCUT2D eigenvalue weighted by atomic mass is 9.91. The Kier molecular flexibility index (Phi) is 3.49. The number of hydrogen-bond acceptors (Lipinski definition) is 1. The first kappa shape index (κ1) is 16.6. The second kappa shape index (κ2) is 6.09. The maximum atomic E-state index is 6.10. The minimum Gasteiger partial charge on any atom is -0.488 e. The summed E-state index contributed by atoms with van der Waals surface area (Å²) in [4.78, 5) is 0. The molecule has 1 heteroatoms. The van der Waals surface area contributed by atoms with Crippen molar-refractivity contribution in [1.82, 2.24) is 0 Å². The van der Waals surface area contributed by atoms with Crippen LogP contribution in [0, 0.1) is 13.8 Å². The molecule has 6 rings (SSSR count). The maximum Gasteiger partial charge on any atom is 0.135 e. The van der Waals surface area contributed by atoms with E-state index in [4.69, 9.17) is 4.74 Å². The normalized spacial score (nSPS) is 13.7. The fourth-order valence-corrected chi connectivity index (χ4v) is 5.20. The minimum atomic E-state index is 0.652. The summed E-state index contributed by atoms with van der Waals surface area (Å²) in [6.07, 6.45) is 5.34. The summed E-state index contributed by atoms with van der Waals surface area (Å²) in [5, 5.41) is 2.52. The van der Waals surface area contributed by atoms with Crippen LogP contribution >= 0.6 is 0 Å². The maximum absolute atomic E-state index is 6.10. The molecule has 4 aromatic rings. The van der Waals surface area contributed by atoms with Crippen molar-refractivity contribution in [3.8, 4) is 28.0 Å². The van der Waals surface area contributed by atoms with Crippen LogP contribution in [0.3, 0.4) is 0 Å². The molecule has 0 fully saturated rings. The summed E-state index contributed by atoms with van der Waals surface area (Å²) < 4.78 is 6.10. The fraction of sp³-hybridized carbons (Fsp3) is 0.143. The number of hydrogen-bond donors (Lipinski definition) is 0. The number of benzene rings is 4. The van der Waals surface area contributed by atoms with Gasteiger partial charge in [-0.3, -0.25) is 0 Å². The van der Waals surface area contributed by atoms with Crippen molar-refractivity contribution in [2.45, 2.75) is 20.3 Å². The lowest BCUT2D eigenvalue weighted by Gasteiger charge is -2.19. The third-order valence-electron chi connectivity index (χ3n) is 6.43. The molecule has 0 saturated carbocycles. The standard InChI is InChI=1S/C28H22O/c1-17-7-5-8-18(2)26(17)19-12-13-21-20(15-19)16-25-24-11-6-14-29-28(24)23-10-4-3-9-22(23)27(21)25/h3-13,15H,14,16H2,1-2H3. The first-order valence-corrected chi connectivity index (χ1v) is 10.3. The van der Waals surface area contributed by atoms with E-state index in [0.717, 1.165) is 12.2 Å². The van der Waals surface area contributed by atoms with Crippen LogP contribution in [0.2, 0.25) is 0 Å². The van der Waals surface area contributed by atoms with Crippen molar-refractivity contribution in [2.24, 2.45) is 0 Å². The molecule has 1 heterocycles. The molecule has 1 nitrogen and oxygen atoms in total. The van der Waals surface area contributed by atoms with Gasteiger partial charge >= 0.3 is 0 Å². The number of aryl methyl sites for hydroxylation is 2. The van der Waals surface area contributed by atoms with E-state index in [1.165, 1.54) is 60.8 Å². The van der Waals surface area contributed by atoms with Crippen LogP contribution in [-0.2, 0) is 6.42 Å². The van der Waals surface area contributed by atoms with Crippen molar-refractivity contribution in [2.75, 3.05) is 6.61 Å². The first-order chi connectivity index (χ1) is 14.2. The number of fused-ring (bicyclic) bond motifs is 8. The van der Waals surface area contributed by atoms with Crippen LogP contribution in [0.1, 0.15) is 27.8 Å². The average molecular weight is 374 g/mol. The van der Waals surface area contributed by atoms with Gasteiger partial charge in [-0.05, 0) is 76.2 Å². The molecule has 140 valence electrons. The highest BCUT2D eigenvalue weighted by Gasteiger charge is 2.28. The highest BCUT2D eigenvalue weighted by atomic mass is 16.5. The van der Waals surface area contributed by atoms with E-state index in [1.54, 1.807) is 0 Å². The Morgan fingerprint density at radius 2 is 1.59 bits per heavy atom. The van der Waals surface area contributed by atoms with Gasteiger partial charge in [-0.15, -0.1) is 0 Å². The summed E-state index contributed by atoms with van der Waals surface area (Å²) in [6, 6.07) is 22.3. The molecule has 0 saturated heterocycles. The van der Waals surface area contributed by atoms with Gasteiger partial charge in [0.25, 0.3) is 0 Å². The van der Waals surface area contributed by atoms with Gasteiger partial charge in [0.2, 0.25) is 0 Å². The molecule has 0 bridgehead atoms. The fourth-order valence-electron chi connectivity index (χ4n) is 5.20. The SMILES string of the molecule is Cc1cccc(C)c1-c1ccc2c(c1)Cc1c3c(c4ccccc4c1-2)OCC=C3. The molecule has 1 aliphatic heterocycles. The molecule has 0 atom stereocenters. The van der Waals surface area contributed by atoms with Crippen molar-refractivity contribution in [3.63, 3.8) is 0 Å². The lowest BCUT2D eigenvalue weighted by Crippen LogP contribution is -2.04. The van der Waals surface area contributed by atoms with Crippen LogP contribution in [0.4, 0.5) is 0 Å². The monoisotopic (exact) mass is 374 g/mol. The van der Waals surface area contributed by atoms with Gasteiger partial charge in [0.1, 0.15) is 12.4 Å². The van der Waals surface area contributed by atoms with Crippen molar-refractivity contribution >= 4 is 16.8 Å². The predicted molar refractivity (Wildman–Crippen MR) is 122 cm³/mol. The molecule has 2 aliphatic rings. The van der Waals surface area contributed by atoms with Crippen LogP contribution in [-0.4, -0.2) is 6.61 Å². The van der Waals surface area contributed by atoms with E-state index in [-0.39, 0.29) is 0 Å². The zero-order chi connectivity index (χ0) is 19.5. The van der Waals surface area contributed by atoms with Crippen molar-refractivity contribution in [3.05, 3.63) is 94.6 Å². The molecular formula is C28H22O. The largest absolute Gasteiger partial charge is 0.488 e. The van der Waals surface area contributed by atoms with Gasteiger partial charge in [0.15, 0.2) is 0 Å². The third kappa shape index (κ3) is 2.34. The number of ether oxygens (including phenoxy) is 1. The van der Waals surface area contributed by atoms with Crippen LogP contribution in [0.25, 0.3) is 39.1 Å². The molecule has 29 heavy (non-hydrogen) atoms. The minimum absolute atomic E-state index is 0.652. The van der Waals surface area contributed by atoms with E-state index in [0.29, 0.717) is 6.61 Å². The van der Waals surface area contributed by atoms with Crippen LogP contribution in [0.5, 0.6) is 5.75 Å². The molecule has 1 aliphatic carbocycles. The van der Waals surface area contributed by atoms with E-state index in [9.17, 15) is 0 Å². The first-order valence-electron chi connectivity index (χ1n) is 10.3. The Hall–Kier alpha value is -3.32. The number of rotatable bonds is 1. The highest BCUT2D eigenvalue weighted by molar-refractivity contribution is 6.07.